The molecule has 0 bridgehead atoms. The number of hydrazone groups is 1. The number of benzene rings is 2. The van der Waals surface area contributed by atoms with Crippen molar-refractivity contribution in [1.82, 2.24) is 9.99 Å². The summed E-state index contributed by atoms with van der Waals surface area (Å²) in [7, 11) is 0. The monoisotopic (exact) mass is 382 g/mol. The van der Waals surface area contributed by atoms with Crippen molar-refractivity contribution in [2.45, 2.75) is 13.5 Å². The second-order valence-electron chi connectivity index (χ2n) is 5.88. The summed E-state index contributed by atoms with van der Waals surface area (Å²) in [5.41, 5.74) is 7.12. The second-order valence-corrected chi connectivity index (χ2v) is 6.72. The van der Waals surface area contributed by atoms with Gasteiger partial charge in [0.05, 0.1) is 11.9 Å². The van der Waals surface area contributed by atoms with E-state index in [1.807, 2.05) is 73.8 Å². The Morgan fingerprint density at radius 2 is 1.85 bits per heavy atom. The molecule has 26 heavy (non-hydrogen) atoms. The Bertz CT molecular complexity index is 898. The van der Waals surface area contributed by atoms with Crippen LogP contribution in [0.1, 0.15) is 16.8 Å². The van der Waals surface area contributed by atoms with Crippen LogP contribution in [0.2, 0.25) is 5.02 Å². The number of thiocarbonyl (C=S) groups is 1. The van der Waals surface area contributed by atoms with E-state index in [2.05, 4.69) is 20.4 Å². The van der Waals surface area contributed by atoms with Crippen molar-refractivity contribution in [1.29, 1.82) is 0 Å². The van der Waals surface area contributed by atoms with Crippen molar-refractivity contribution in [3.05, 3.63) is 88.7 Å². The predicted octanol–water partition coefficient (Wildman–Crippen LogP) is 4.82. The van der Waals surface area contributed by atoms with Gasteiger partial charge in [0.2, 0.25) is 0 Å². The predicted molar refractivity (Wildman–Crippen MR) is 113 cm³/mol. The summed E-state index contributed by atoms with van der Waals surface area (Å²) < 4.78 is 2.10. The summed E-state index contributed by atoms with van der Waals surface area (Å²) in [5, 5.41) is 8.50. The highest BCUT2D eigenvalue weighted by Gasteiger charge is 2.01. The van der Waals surface area contributed by atoms with Crippen LogP contribution in [0.15, 0.2) is 72.0 Å². The first kappa shape index (κ1) is 18.2. The van der Waals surface area contributed by atoms with Gasteiger partial charge in [0, 0.05) is 23.5 Å². The van der Waals surface area contributed by atoms with Gasteiger partial charge in [0.25, 0.3) is 0 Å². The molecular formula is C20H19ClN4S. The van der Waals surface area contributed by atoms with E-state index < -0.39 is 0 Å². The first-order valence-electron chi connectivity index (χ1n) is 8.16. The summed E-state index contributed by atoms with van der Waals surface area (Å²) >= 11 is 11.2. The molecule has 0 amide bonds. The van der Waals surface area contributed by atoms with Crippen LogP contribution in [0.3, 0.4) is 0 Å². The van der Waals surface area contributed by atoms with Crippen molar-refractivity contribution in [2.75, 3.05) is 5.32 Å². The zero-order valence-corrected chi connectivity index (χ0v) is 15.9. The Balaban J connectivity index is 1.57. The van der Waals surface area contributed by atoms with Crippen molar-refractivity contribution in [2.24, 2.45) is 5.10 Å². The van der Waals surface area contributed by atoms with Crippen LogP contribution in [0.4, 0.5) is 5.69 Å². The highest BCUT2D eigenvalue weighted by Crippen LogP contribution is 2.12. The lowest BCUT2D eigenvalue weighted by molar-refractivity contribution is 0.799. The standard InChI is InChI=1S/C20H19ClN4S/c1-15-4-10-18(11-5-15)23-20(26)24-22-13-19-3-2-12-25(19)14-16-6-8-17(21)9-7-16/h2-13H,14H2,1H3,(H2,23,24,26). The molecule has 3 aromatic rings. The van der Waals surface area contributed by atoms with E-state index in [0.717, 1.165) is 22.9 Å². The Hall–Kier alpha value is -2.63. The maximum absolute atomic E-state index is 5.93. The summed E-state index contributed by atoms with van der Waals surface area (Å²) in [6.07, 6.45) is 3.76. The highest BCUT2D eigenvalue weighted by molar-refractivity contribution is 7.80. The van der Waals surface area contributed by atoms with Gasteiger partial charge < -0.3 is 9.88 Å². The van der Waals surface area contributed by atoms with Crippen LogP contribution in [0.5, 0.6) is 0 Å². The Morgan fingerprint density at radius 3 is 2.58 bits per heavy atom. The zero-order valence-electron chi connectivity index (χ0n) is 14.3. The Kier molecular flexibility index (Phi) is 6.04. The molecule has 0 atom stereocenters. The van der Waals surface area contributed by atoms with Crippen molar-refractivity contribution in [3.63, 3.8) is 0 Å². The van der Waals surface area contributed by atoms with Gasteiger partial charge >= 0.3 is 0 Å². The van der Waals surface area contributed by atoms with Crippen LogP contribution in [0, 0.1) is 6.92 Å². The highest BCUT2D eigenvalue weighted by atomic mass is 35.5. The van der Waals surface area contributed by atoms with Gasteiger partial charge in [-0.3, -0.25) is 5.43 Å². The zero-order chi connectivity index (χ0) is 18.4. The first-order chi connectivity index (χ1) is 12.6. The fraction of sp³-hybridized carbons (Fsp3) is 0.100. The summed E-state index contributed by atoms with van der Waals surface area (Å²) in [6.45, 7) is 2.79. The average Bonchev–Trinajstić information content (AvgIpc) is 3.06. The van der Waals surface area contributed by atoms with Gasteiger partial charge in [-0.25, -0.2) is 0 Å². The van der Waals surface area contributed by atoms with Crippen molar-refractivity contribution in [3.8, 4) is 0 Å². The van der Waals surface area contributed by atoms with Gasteiger partial charge in [0.1, 0.15) is 0 Å². The summed E-state index contributed by atoms with van der Waals surface area (Å²) in [5.74, 6) is 0. The topological polar surface area (TPSA) is 41.4 Å². The number of rotatable bonds is 5. The lowest BCUT2D eigenvalue weighted by atomic mass is 10.2. The third kappa shape index (κ3) is 5.18. The van der Waals surface area contributed by atoms with Crippen LogP contribution in [-0.4, -0.2) is 15.9 Å². The van der Waals surface area contributed by atoms with E-state index in [1.165, 1.54) is 11.1 Å². The molecule has 6 heteroatoms. The van der Waals surface area contributed by atoms with E-state index in [0.29, 0.717) is 5.11 Å². The molecule has 0 aliphatic rings. The molecule has 3 rings (SSSR count). The molecule has 0 fully saturated rings. The number of aromatic nitrogens is 1. The molecule has 0 unspecified atom stereocenters. The van der Waals surface area contributed by atoms with Crippen LogP contribution in [0.25, 0.3) is 0 Å². The molecule has 1 heterocycles. The number of nitrogens with one attached hydrogen (secondary N) is 2. The molecule has 132 valence electrons. The molecule has 0 radical (unpaired) electrons. The van der Waals surface area contributed by atoms with E-state index in [-0.39, 0.29) is 0 Å². The average molecular weight is 383 g/mol. The largest absolute Gasteiger partial charge is 0.342 e. The minimum Gasteiger partial charge on any atom is -0.342 e. The third-order valence-electron chi connectivity index (χ3n) is 3.80. The van der Waals surface area contributed by atoms with E-state index >= 15 is 0 Å². The van der Waals surface area contributed by atoms with Gasteiger partial charge in [-0.2, -0.15) is 5.10 Å². The minimum absolute atomic E-state index is 0.445. The van der Waals surface area contributed by atoms with Gasteiger partial charge in [-0.15, -0.1) is 0 Å². The molecule has 0 saturated carbocycles. The van der Waals surface area contributed by atoms with Crippen molar-refractivity contribution < 1.29 is 0 Å². The number of hydrogen-bond donors (Lipinski definition) is 2. The Morgan fingerprint density at radius 1 is 1.12 bits per heavy atom. The summed E-state index contributed by atoms with van der Waals surface area (Å²) in [4.78, 5) is 0. The molecule has 4 nitrogen and oxygen atoms in total. The number of halogens is 1. The van der Waals surface area contributed by atoms with Crippen molar-refractivity contribution >= 4 is 40.8 Å². The fourth-order valence-electron chi connectivity index (χ4n) is 2.43. The fourth-order valence-corrected chi connectivity index (χ4v) is 2.72. The quantitative estimate of drug-likeness (QED) is 0.377. The van der Waals surface area contributed by atoms with E-state index in [1.54, 1.807) is 6.21 Å². The SMILES string of the molecule is Cc1ccc(NC(=S)NN=Cc2cccn2Cc2ccc(Cl)cc2)cc1. The lowest BCUT2D eigenvalue weighted by Crippen LogP contribution is -2.24. The molecule has 1 aromatic heterocycles. The Labute approximate surface area is 163 Å². The van der Waals surface area contributed by atoms with Crippen LogP contribution >= 0.6 is 23.8 Å². The minimum atomic E-state index is 0.445. The number of anilines is 1. The third-order valence-corrected chi connectivity index (χ3v) is 4.25. The lowest BCUT2D eigenvalue weighted by Gasteiger charge is -2.08. The number of aryl methyl sites for hydroxylation is 1. The number of nitrogens with zero attached hydrogens (tertiary/aromatic N) is 2. The molecule has 0 aliphatic carbocycles. The first-order valence-corrected chi connectivity index (χ1v) is 8.95. The molecule has 2 aromatic carbocycles. The normalized spacial score (nSPS) is 10.8. The molecule has 0 spiro atoms. The van der Waals surface area contributed by atoms with Crippen LogP contribution in [-0.2, 0) is 6.54 Å². The maximum atomic E-state index is 5.93. The molecular weight excluding hydrogens is 364 g/mol. The number of hydrogen-bond acceptors (Lipinski definition) is 2. The summed E-state index contributed by atoms with van der Waals surface area (Å²) in [6, 6.07) is 19.8. The van der Waals surface area contributed by atoms with E-state index in [4.69, 9.17) is 23.8 Å². The van der Waals surface area contributed by atoms with Gasteiger partial charge in [0.15, 0.2) is 5.11 Å². The van der Waals surface area contributed by atoms with E-state index in [9.17, 15) is 0 Å². The molecule has 0 saturated heterocycles. The maximum Gasteiger partial charge on any atom is 0.191 e. The van der Waals surface area contributed by atoms with Gasteiger partial charge in [-0.1, -0.05) is 41.4 Å². The molecule has 0 aliphatic heterocycles. The smallest absolute Gasteiger partial charge is 0.191 e. The van der Waals surface area contributed by atoms with Gasteiger partial charge in [-0.05, 0) is 61.1 Å². The van der Waals surface area contributed by atoms with Crippen LogP contribution < -0.4 is 10.7 Å². The second kappa shape index (κ2) is 8.65. The molecule has 2 N–H and O–H groups in total.